The Kier molecular flexibility index (Phi) is 5.68. The van der Waals surface area contributed by atoms with Gasteiger partial charge in [-0.1, -0.05) is 12.8 Å². The third-order valence-electron chi connectivity index (χ3n) is 4.05. The SMILES string of the molecule is CN(C)P1N(S(=O)(=O)C(F)(F)F)[C@@H]2CCCC[C@H]2N1S(=O)(=O)C(F)(F)F. The summed E-state index contributed by atoms with van der Waals surface area (Å²) >= 11 is 0. The average molecular weight is 451 g/mol. The minimum absolute atomic E-state index is 0.0740. The first kappa shape index (κ1) is 22.1. The van der Waals surface area contributed by atoms with Crippen molar-refractivity contribution in [2.45, 2.75) is 48.8 Å². The fraction of sp³-hybridized carbons (Fsp3) is 1.00. The van der Waals surface area contributed by atoms with Crippen LogP contribution in [0.2, 0.25) is 0 Å². The van der Waals surface area contributed by atoms with Crippen LogP contribution in [0.4, 0.5) is 26.3 Å². The number of fused-ring (bicyclic) bond motifs is 1. The second-order valence-corrected chi connectivity index (χ2v) is 12.3. The van der Waals surface area contributed by atoms with E-state index in [1.165, 1.54) is 0 Å². The third kappa shape index (κ3) is 3.34. The number of hydrogen-bond donors (Lipinski definition) is 0. The van der Waals surface area contributed by atoms with Crippen molar-refractivity contribution < 1.29 is 43.2 Å². The minimum atomic E-state index is -6.03. The Hall–Kier alpha value is -0.210. The lowest BCUT2D eigenvalue weighted by molar-refractivity contribution is -0.0489. The highest BCUT2D eigenvalue weighted by Gasteiger charge is 2.67. The molecule has 0 unspecified atom stereocenters. The Morgan fingerprint density at radius 2 is 1.12 bits per heavy atom. The van der Waals surface area contributed by atoms with Crippen LogP contribution in [0.15, 0.2) is 0 Å². The molecular formula is C10H16F6N3O4PS2. The van der Waals surface area contributed by atoms with Gasteiger partial charge in [-0.3, -0.25) is 4.67 Å². The zero-order chi connectivity index (χ0) is 20.3. The van der Waals surface area contributed by atoms with Crippen molar-refractivity contribution in [1.29, 1.82) is 0 Å². The van der Waals surface area contributed by atoms with Crippen molar-refractivity contribution >= 4 is 28.4 Å². The van der Waals surface area contributed by atoms with Gasteiger partial charge in [0.25, 0.3) is 0 Å². The van der Waals surface area contributed by atoms with Gasteiger partial charge in [0, 0.05) is 12.1 Å². The predicted octanol–water partition coefficient (Wildman–Crippen LogP) is 2.40. The molecule has 0 aromatic rings. The van der Waals surface area contributed by atoms with Crippen LogP contribution in [0.1, 0.15) is 25.7 Å². The van der Waals surface area contributed by atoms with E-state index in [-0.39, 0.29) is 33.8 Å². The quantitative estimate of drug-likeness (QED) is 0.487. The molecule has 1 aliphatic carbocycles. The molecule has 0 N–H and O–H groups in total. The number of alkyl halides is 6. The van der Waals surface area contributed by atoms with Crippen LogP contribution in [-0.4, -0.2) is 66.9 Å². The first-order valence-electron chi connectivity index (χ1n) is 7.23. The van der Waals surface area contributed by atoms with Crippen LogP contribution in [-0.2, 0) is 20.0 Å². The largest absolute Gasteiger partial charge is 0.512 e. The van der Waals surface area contributed by atoms with E-state index in [1.807, 2.05) is 0 Å². The molecule has 0 aromatic carbocycles. The Morgan fingerprint density at radius 3 is 1.35 bits per heavy atom. The molecule has 1 aliphatic heterocycles. The minimum Gasteiger partial charge on any atom is -0.262 e. The van der Waals surface area contributed by atoms with E-state index in [0.717, 1.165) is 18.8 Å². The molecule has 2 atom stereocenters. The van der Waals surface area contributed by atoms with Gasteiger partial charge in [0.1, 0.15) is 8.37 Å². The fourth-order valence-electron chi connectivity index (χ4n) is 3.07. The van der Waals surface area contributed by atoms with E-state index >= 15 is 0 Å². The molecule has 0 radical (unpaired) electrons. The lowest BCUT2D eigenvalue weighted by Crippen LogP contribution is -2.47. The molecule has 7 nitrogen and oxygen atoms in total. The van der Waals surface area contributed by atoms with Gasteiger partial charge in [-0.25, -0.2) is 16.8 Å². The summed E-state index contributed by atoms with van der Waals surface area (Å²) in [5.74, 6) is 0. The van der Waals surface area contributed by atoms with E-state index < -0.39 is 51.5 Å². The summed E-state index contributed by atoms with van der Waals surface area (Å²) in [5, 5.41) is 0. The molecule has 1 heterocycles. The molecule has 2 aliphatic rings. The van der Waals surface area contributed by atoms with Crippen molar-refractivity contribution in [3.05, 3.63) is 0 Å². The summed E-state index contributed by atoms with van der Waals surface area (Å²) in [6, 6.07) is -3.00. The van der Waals surface area contributed by atoms with Crippen LogP contribution in [0, 0.1) is 0 Å². The zero-order valence-corrected chi connectivity index (χ0v) is 16.0. The number of halogens is 6. The van der Waals surface area contributed by atoms with Gasteiger partial charge in [-0.2, -0.15) is 26.3 Å². The van der Waals surface area contributed by atoms with Crippen molar-refractivity contribution in [3.8, 4) is 0 Å². The summed E-state index contributed by atoms with van der Waals surface area (Å²) < 4.78 is 127. The maximum atomic E-state index is 13.1. The van der Waals surface area contributed by atoms with Crippen LogP contribution in [0.3, 0.4) is 0 Å². The summed E-state index contributed by atoms with van der Waals surface area (Å²) in [5.41, 5.74) is -11.5. The molecule has 0 bridgehead atoms. The van der Waals surface area contributed by atoms with Gasteiger partial charge >= 0.3 is 31.1 Å². The molecule has 0 spiro atoms. The van der Waals surface area contributed by atoms with Gasteiger partial charge in [0.15, 0.2) is 0 Å². The molecular weight excluding hydrogens is 435 g/mol. The molecule has 26 heavy (non-hydrogen) atoms. The highest BCUT2D eigenvalue weighted by Crippen LogP contribution is 2.63. The molecule has 2 fully saturated rings. The highest BCUT2D eigenvalue weighted by molar-refractivity contribution is 7.99. The van der Waals surface area contributed by atoms with E-state index in [1.54, 1.807) is 0 Å². The summed E-state index contributed by atoms with van der Waals surface area (Å²) in [6.45, 7) is 0. The van der Waals surface area contributed by atoms with E-state index in [2.05, 4.69) is 0 Å². The Balaban J connectivity index is 2.71. The van der Waals surface area contributed by atoms with Gasteiger partial charge in [0.05, 0.1) is 0 Å². The summed E-state index contributed by atoms with van der Waals surface area (Å²) in [7, 11) is -13.1. The molecule has 154 valence electrons. The maximum Gasteiger partial charge on any atom is 0.512 e. The zero-order valence-electron chi connectivity index (χ0n) is 13.5. The van der Waals surface area contributed by atoms with Gasteiger partial charge in [0.2, 0.25) is 0 Å². The number of nitrogens with zero attached hydrogens (tertiary/aromatic N) is 3. The molecule has 1 saturated heterocycles. The third-order valence-corrected chi connectivity index (χ3v) is 10.9. The normalized spacial score (nSPS) is 27.9. The first-order valence-corrected chi connectivity index (χ1v) is 11.3. The summed E-state index contributed by atoms with van der Waals surface area (Å²) in [6.07, 6.45) is 0.246. The van der Waals surface area contributed by atoms with Gasteiger partial charge in [-0.05, 0) is 26.9 Å². The van der Waals surface area contributed by atoms with E-state index in [0.29, 0.717) is 0 Å². The highest BCUT2D eigenvalue weighted by atomic mass is 32.2. The maximum absolute atomic E-state index is 13.1. The first-order chi connectivity index (χ1) is 11.5. The molecule has 16 heteroatoms. The van der Waals surface area contributed by atoms with Crippen LogP contribution < -0.4 is 0 Å². The van der Waals surface area contributed by atoms with E-state index in [4.69, 9.17) is 0 Å². The number of sulfonamides is 2. The van der Waals surface area contributed by atoms with Crippen LogP contribution in [0.5, 0.6) is 0 Å². The molecule has 0 amide bonds. The van der Waals surface area contributed by atoms with Crippen molar-refractivity contribution in [1.82, 2.24) is 12.8 Å². The topological polar surface area (TPSA) is 78.0 Å². The lowest BCUT2D eigenvalue weighted by atomic mass is 9.92. The number of rotatable bonds is 3. The molecule has 2 rings (SSSR count). The van der Waals surface area contributed by atoms with Crippen LogP contribution >= 0.6 is 8.37 Å². The van der Waals surface area contributed by atoms with E-state index in [9.17, 15) is 43.2 Å². The standard InChI is InChI=1S/C10H16F6N3O4PS2/c1-17(2)24-18(25(20,21)9(11,12)13)7-5-3-4-6-8(7)19(24)26(22,23)10(14,15)16/h7-8H,3-6H2,1-2H3/t7-,8-/m1/s1. The average Bonchev–Trinajstić information content (AvgIpc) is 2.81. The molecule has 1 saturated carbocycles. The van der Waals surface area contributed by atoms with Crippen molar-refractivity contribution in [3.63, 3.8) is 0 Å². The monoisotopic (exact) mass is 451 g/mol. The second-order valence-electron chi connectivity index (χ2n) is 5.98. The summed E-state index contributed by atoms with van der Waals surface area (Å²) in [4.78, 5) is 0. The number of hydrogen-bond acceptors (Lipinski definition) is 5. The van der Waals surface area contributed by atoms with Crippen molar-refractivity contribution in [2.75, 3.05) is 14.1 Å². The Bertz CT molecular complexity index is 694. The van der Waals surface area contributed by atoms with Gasteiger partial charge < -0.3 is 0 Å². The van der Waals surface area contributed by atoms with Crippen LogP contribution in [0.25, 0.3) is 0 Å². The van der Waals surface area contributed by atoms with Gasteiger partial charge in [-0.15, -0.1) is 8.15 Å². The Morgan fingerprint density at radius 1 is 0.808 bits per heavy atom. The predicted molar refractivity (Wildman–Crippen MR) is 80.3 cm³/mol. The van der Waals surface area contributed by atoms with Crippen molar-refractivity contribution in [2.24, 2.45) is 0 Å². The fourth-order valence-corrected chi connectivity index (χ4v) is 10.2. The Labute approximate surface area is 147 Å². The second kappa shape index (κ2) is 6.69. The smallest absolute Gasteiger partial charge is 0.262 e. The molecule has 0 aromatic heterocycles. The lowest BCUT2D eigenvalue weighted by Gasteiger charge is -2.34.